The number of hydrogen-bond donors (Lipinski definition) is 2. The van der Waals surface area contributed by atoms with Gasteiger partial charge in [0.15, 0.2) is 5.76 Å². The average Bonchev–Trinajstić information content (AvgIpc) is 3.29. The number of anilines is 1. The van der Waals surface area contributed by atoms with Crippen LogP contribution in [-0.2, 0) is 6.54 Å². The molecule has 138 valence electrons. The fourth-order valence-electron chi connectivity index (χ4n) is 2.75. The molecule has 1 aliphatic carbocycles. The number of carbonyl (C=O) groups is 2. The number of hydrogen-bond acceptors (Lipinski definition) is 3. The van der Waals surface area contributed by atoms with Gasteiger partial charge < -0.3 is 20.0 Å². The third-order valence-electron chi connectivity index (χ3n) is 4.36. The van der Waals surface area contributed by atoms with Crippen LogP contribution < -0.4 is 10.6 Å². The lowest BCUT2D eigenvalue weighted by atomic mass is 10.2. The van der Waals surface area contributed by atoms with Crippen LogP contribution in [0.15, 0.2) is 47.1 Å². The van der Waals surface area contributed by atoms with E-state index in [2.05, 4.69) is 17.6 Å². The van der Waals surface area contributed by atoms with Crippen molar-refractivity contribution in [2.75, 3.05) is 18.4 Å². The number of rotatable bonds is 8. The molecule has 2 aromatic rings. The zero-order valence-electron chi connectivity index (χ0n) is 15.0. The molecule has 0 atom stereocenters. The Labute approximate surface area is 153 Å². The highest BCUT2D eigenvalue weighted by molar-refractivity contribution is 6.02. The highest BCUT2D eigenvalue weighted by Gasteiger charge is 2.26. The van der Waals surface area contributed by atoms with Crippen LogP contribution in [0.4, 0.5) is 10.5 Å². The standard InChI is InChI=1S/C20H25N3O3/c1-2-11-23(14-16-5-6-16)20(25)21-13-15-7-9-17(10-8-15)22-19(24)18-4-3-12-26-18/h3-4,7-10,12,16H,2,5-6,11,13-14H2,1H3,(H,21,25)(H,22,24). The summed E-state index contributed by atoms with van der Waals surface area (Å²) in [4.78, 5) is 26.2. The molecule has 3 amide bonds. The molecular weight excluding hydrogens is 330 g/mol. The Balaban J connectivity index is 1.48. The average molecular weight is 355 g/mol. The van der Waals surface area contributed by atoms with Crippen molar-refractivity contribution in [3.63, 3.8) is 0 Å². The van der Waals surface area contributed by atoms with Crippen molar-refractivity contribution in [1.29, 1.82) is 0 Å². The maximum atomic E-state index is 12.4. The van der Waals surface area contributed by atoms with E-state index in [0.717, 1.165) is 25.1 Å². The normalized spacial score (nSPS) is 13.3. The third-order valence-corrected chi connectivity index (χ3v) is 4.36. The van der Waals surface area contributed by atoms with E-state index >= 15 is 0 Å². The van der Waals surface area contributed by atoms with Crippen LogP contribution in [0, 0.1) is 5.92 Å². The molecule has 6 nitrogen and oxygen atoms in total. The molecule has 1 aromatic heterocycles. The maximum Gasteiger partial charge on any atom is 0.317 e. The monoisotopic (exact) mass is 355 g/mol. The second kappa shape index (κ2) is 8.56. The largest absolute Gasteiger partial charge is 0.459 e. The van der Waals surface area contributed by atoms with Crippen molar-refractivity contribution in [1.82, 2.24) is 10.2 Å². The van der Waals surface area contributed by atoms with E-state index in [-0.39, 0.29) is 17.7 Å². The van der Waals surface area contributed by atoms with Gasteiger partial charge >= 0.3 is 6.03 Å². The summed E-state index contributed by atoms with van der Waals surface area (Å²) in [6, 6.07) is 10.7. The molecule has 0 aliphatic heterocycles. The molecule has 1 fully saturated rings. The quantitative estimate of drug-likeness (QED) is 0.755. The summed E-state index contributed by atoms with van der Waals surface area (Å²) in [5, 5.41) is 5.76. The van der Waals surface area contributed by atoms with E-state index in [9.17, 15) is 9.59 Å². The summed E-state index contributed by atoms with van der Waals surface area (Å²) >= 11 is 0. The van der Waals surface area contributed by atoms with Crippen LogP contribution in [0.2, 0.25) is 0 Å². The molecule has 0 bridgehead atoms. The van der Waals surface area contributed by atoms with Gasteiger partial charge in [-0.1, -0.05) is 19.1 Å². The predicted octanol–water partition coefficient (Wildman–Crippen LogP) is 3.86. The van der Waals surface area contributed by atoms with Gasteiger partial charge in [-0.15, -0.1) is 0 Å². The molecule has 26 heavy (non-hydrogen) atoms. The van der Waals surface area contributed by atoms with Crippen LogP contribution >= 0.6 is 0 Å². The number of amides is 3. The first kappa shape index (κ1) is 18.0. The minimum absolute atomic E-state index is 0.00560. The van der Waals surface area contributed by atoms with Crippen LogP contribution in [0.3, 0.4) is 0 Å². The van der Waals surface area contributed by atoms with Gasteiger partial charge in [0.2, 0.25) is 0 Å². The van der Waals surface area contributed by atoms with Gasteiger partial charge in [-0.25, -0.2) is 4.79 Å². The van der Waals surface area contributed by atoms with E-state index in [1.54, 1.807) is 12.1 Å². The number of carbonyl (C=O) groups excluding carboxylic acids is 2. The summed E-state index contributed by atoms with van der Waals surface area (Å²) in [5.41, 5.74) is 1.67. The van der Waals surface area contributed by atoms with Gasteiger partial charge in [0.05, 0.1) is 6.26 Å². The number of nitrogens with zero attached hydrogens (tertiary/aromatic N) is 1. The van der Waals surface area contributed by atoms with Gasteiger partial charge in [0.1, 0.15) is 0 Å². The number of benzene rings is 1. The lowest BCUT2D eigenvalue weighted by Crippen LogP contribution is -2.41. The van der Waals surface area contributed by atoms with Crippen molar-refractivity contribution in [2.24, 2.45) is 5.92 Å². The Bertz CT molecular complexity index is 721. The first-order chi connectivity index (χ1) is 12.7. The van der Waals surface area contributed by atoms with Crippen LogP contribution in [0.5, 0.6) is 0 Å². The first-order valence-electron chi connectivity index (χ1n) is 9.12. The first-order valence-corrected chi connectivity index (χ1v) is 9.12. The number of furan rings is 1. The molecule has 0 saturated heterocycles. The zero-order chi connectivity index (χ0) is 18.4. The summed E-state index contributed by atoms with van der Waals surface area (Å²) in [6.07, 6.45) is 4.90. The third kappa shape index (κ3) is 5.12. The van der Waals surface area contributed by atoms with E-state index < -0.39 is 0 Å². The molecule has 1 aromatic carbocycles. The fourth-order valence-corrected chi connectivity index (χ4v) is 2.75. The van der Waals surface area contributed by atoms with Crippen LogP contribution in [-0.4, -0.2) is 29.9 Å². The van der Waals surface area contributed by atoms with Gasteiger partial charge in [-0.2, -0.15) is 0 Å². The minimum Gasteiger partial charge on any atom is -0.459 e. The Morgan fingerprint density at radius 2 is 1.96 bits per heavy atom. The van der Waals surface area contributed by atoms with Crippen molar-refractivity contribution < 1.29 is 14.0 Å². The molecule has 6 heteroatoms. The van der Waals surface area contributed by atoms with Crippen molar-refractivity contribution >= 4 is 17.6 Å². The smallest absolute Gasteiger partial charge is 0.317 e. The van der Waals surface area contributed by atoms with Gasteiger partial charge in [-0.3, -0.25) is 4.79 Å². The summed E-state index contributed by atoms with van der Waals surface area (Å²) < 4.78 is 5.07. The zero-order valence-corrected chi connectivity index (χ0v) is 15.0. The van der Waals surface area contributed by atoms with E-state index in [1.165, 1.54) is 19.1 Å². The molecule has 2 N–H and O–H groups in total. The predicted molar refractivity (Wildman–Crippen MR) is 99.9 cm³/mol. The van der Waals surface area contributed by atoms with Gasteiger partial charge in [-0.05, 0) is 55.0 Å². The molecule has 1 saturated carbocycles. The Morgan fingerprint density at radius 1 is 1.19 bits per heavy atom. The van der Waals surface area contributed by atoms with Crippen LogP contribution in [0.25, 0.3) is 0 Å². The van der Waals surface area contributed by atoms with Crippen molar-refractivity contribution in [2.45, 2.75) is 32.7 Å². The highest BCUT2D eigenvalue weighted by Crippen LogP contribution is 2.29. The number of nitrogens with one attached hydrogen (secondary N) is 2. The second-order valence-corrected chi connectivity index (χ2v) is 6.68. The molecule has 1 heterocycles. The summed E-state index contributed by atoms with van der Waals surface area (Å²) in [5.74, 6) is 0.670. The molecular formula is C20H25N3O3. The highest BCUT2D eigenvalue weighted by atomic mass is 16.3. The van der Waals surface area contributed by atoms with Gasteiger partial charge in [0.25, 0.3) is 5.91 Å². The van der Waals surface area contributed by atoms with Crippen molar-refractivity contribution in [3.8, 4) is 0 Å². The summed E-state index contributed by atoms with van der Waals surface area (Å²) in [7, 11) is 0. The Kier molecular flexibility index (Phi) is 5.94. The lowest BCUT2D eigenvalue weighted by Gasteiger charge is -2.22. The molecule has 1 aliphatic rings. The van der Waals surface area contributed by atoms with Gasteiger partial charge in [0, 0.05) is 25.3 Å². The Morgan fingerprint density at radius 3 is 2.58 bits per heavy atom. The van der Waals surface area contributed by atoms with Crippen LogP contribution in [0.1, 0.15) is 42.3 Å². The maximum absolute atomic E-state index is 12.4. The van der Waals surface area contributed by atoms with E-state index in [4.69, 9.17) is 4.42 Å². The topological polar surface area (TPSA) is 74.6 Å². The Hall–Kier alpha value is -2.76. The second-order valence-electron chi connectivity index (χ2n) is 6.68. The van der Waals surface area contributed by atoms with E-state index in [1.807, 2.05) is 29.2 Å². The van der Waals surface area contributed by atoms with Crippen molar-refractivity contribution in [3.05, 3.63) is 54.0 Å². The number of urea groups is 1. The molecule has 0 radical (unpaired) electrons. The minimum atomic E-state index is -0.286. The fraction of sp³-hybridized carbons (Fsp3) is 0.400. The molecule has 3 rings (SSSR count). The molecule has 0 unspecified atom stereocenters. The summed E-state index contributed by atoms with van der Waals surface area (Å²) in [6.45, 7) is 4.20. The molecule has 0 spiro atoms. The lowest BCUT2D eigenvalue weighted by molar-refractivity contribution is 0.0996. The SMILES string of the molecule is CCCN(CC1CC1)C(=O)NCc1ccc(NC(=O)c2ccco2)cc1. The van der Waals surface area contributed by atoms with E-state index in [0.29, 0.717) is 18.2 Å².